The van der Waals surface area contributed by atoms with E-state index in [1.165, 1.54) is 0 Å². The molecule has 0 aliphatic heterocycles. The summed E-state index contributed by atoms with van der Waals surface area (Å²) >= 11 is 6.04. The summed E-state index contributed by atoms with van der Waals surface area (Å²) in [7, 11) is 1.74. The molecule has 2 heterocycles. The van der Waals surface area contributed by atoms with Crippen LogP contribution in [-0.4, -0.2) is 33.0 Å². The maximum Gasteiger partial charge on any atom is 0.158 e. The smallest absolute Gasteiger partial charge is 0.158 e. The van der Waals surface area contributed by atoms with Crippen molar-refractivity contribution in [3.8, 4) is 0 Å². The first-order valence-corrected chi connectivity index (χ1v) is 7.73. The Morgan fingerprint density at radius 2 is 2.05 bits per heavy atom. The molecule has 0 N–H and O–H groups in total. The van der Waals surface area contributed by atoms with E-state index >= 15 is 0 Å². The zero-order valence-corrected chi connectivity index (χ0v) is 13.3. The van der Waals surface area contributed by atoms with Gasteiger partial charge in [0, 0.05) is 26.8 Å². The maximum absolute atomic E-state index is 6.04. The summed E-state index contributed by atoms with van der Waals surface area (Å²) in [5.74, 6) is 1.38. The van der Waals surface area contributed by atoms with Crippen LogP contribution >= 0.6 is 11.6 Å². The number of rotatable bonds is 8. The number of aryl methyl sites for hydroxylation is 3. The molecule has 112 valence electrons. The van der Waals surface area contributed by atoms with Crippen molar-refractivity contribution in [2.45, 2.75) is 52.1 Å². The number of unbranched alkanes of at least 4 members (excludes halogenated alkanes) is 2. The molecule has 0 radical (unpaired) electrons. The molecule has 6 heteroatoms. The second-order valence-corrected chi connectivity index (χ2v) is 5.21. The van der Waals surface area contributed by atoms with Crippen LogP contribution in [0.3, 0.4) is 0 Å². The van der Waals surface area contributed by atoms with E-state index in [1.54, 1.807) is 7.11 Å². The van der Waals surface area contributed by atoms with E-state index in [0.717, 1.165) is 61.6 Å². The molecule has 0 aliphatic rings. The van der Waals surface area contributed by atoms with E-state index in [0.29, 0.717) is 5.88 Å². The molecule has 2 aromatic rings. The van der Waals surface area contributed by atoms with Gasteiger partial charge in [-0.05, 0) is 33.1 Å². The Morgan fingerprint density at radius 1 is 1.25 bits per heavy atom. The van der Waals surface area contributed by atoms with Crippen LogP contribution in [0.5, 0.6) is 0 Å². The summed E-state index contributed by atoms with van der Waals surface area (Å²) < 4.78 is 9.32. The second-order valence-electron chi connectivity index (χ2n) is 4.94. The quantitative estimate of drug-likeness (QED) is 0.555. The molecule has 0 saturated heterocycles. The van der Waals surface area contributed by atoms with Gasteiger partial charge < -0.3 is 9.30 Å². The fourth-order valence-electron chi connectivity index (χ4n) is 2.52. The fraction of sp³-hybridized carbons (Fsp3) is 0.714. The molecular formula is C14H23ClN4O. The zero-order valence-electron chi connectivity index (χ0n) is 12.5. The molecule has 0 aromatic carbocycles. The summed E-state index contributed by atoms with van der Waals surface area (Å²) in [4.78, 5) is 4.64. The van der Waals surface area contributed by atoms with Crippen LogP contribution in [0.25, 0.3) is 11.2 Å². The maximum atomic E-state index is 6.04. The number of imidazole rings is 1. The zero-order chi connectivity index (χ0) is 14.5. The highest BCUT2D eigenvalue weighted by molar-refractivity contribution is 6.16. The third-order valence-electron chi connectivity index (χ3n) is 3.53. The van der Waals surface area contributed by atoms with Crippen LogP contribution in [0.4, 0.5) is 0 Å². The Labute approximate surface area is 124 Å². The van der Waals surface area contributed by atoms with E-state index in [4.69, 9.17) is 16.3 Å². The van der Waals surface area contributed by atoms with Crippen molar-refractivity contribution in [1.29, 1.82) is 0 Å². The third-order valence-corrected chi connectivity index (χ3v) is 3.77. The standard InChI is InChI=1S/C14H23ClN4O/c1-4-19-14-13(11(2)17-19)16-12(10-15)18(14)8-6-5-7-9-20-3/h4-10H2,1-3H3. The van der Waals surface area contributed by atoms with Gasteiger partial charge in [-0.2, -0.15) is 5.10 Å². The largest absolute Gasteiger partial charge is 0.385 e. The lowest BCUT2D eigenvalue weighted by Crippen LogP contribution is -2.08. The number of hydrogen-bond acceptors (Lipinski definition) is 3. The average molecular weight is 299 g/mol. The lowest BCUT2D eigenvalue weighted by atomic mass is 10.2. The van der Waals surface area contributed by atoms with Gasteiger partial charge in [0.1, 0.15) is 11.3 Å². The molecule has 0 fully saturated rings. The number of nitrogens with zero attached hydrogens (tertiary/aromatic N) is 4. The minimum atomic E-state index is 0.440. The van der Waals surface area contributed by atoms with Crippen molar-refractivity contribution >= 4 is 22.8 Å². The summed E-state index contributed by atoms with van der Waals surface area (Å²) in [6.07, 6.45) is 3.34. The number of methoxy groups -OCH3 is 1. The van der Waals surface area contributed by atoms with Crippen LogP contribution in [0.1, 0.15) is 37.7 Å². The van der Waals surface area contributed by atoms with Crippen molar-refractivity contribution in [2.75, 3.05) is 13.7 Å². The summed E-state index contributed by atoms with van der Waals surface area (Å²) in [6.45, 7) is 6.72. The lowest BCUT2D eigenvalue weighted by Gasteiger charge is -2.09. The molecule has 0 spiro atoms. The first-order valence-electron chi connectivity index (χ1n) is 7.20. The molecule has 2 aromatic heterocycles. The Morgan fingerprint density at radius 3 is 2.70 bits per heavy atom. The minimum Gasteiger partial charge on any atom is -0.385 e. The van der Waals surface area contributed by atoms with Gasteiger partial charge in [-0.15, -0.1) is 11.6 Å². The summed E-state index contributed by atoms with van der Waals surface area (Å²) in [5, 5.41) is 4.53. The van der Waals surface area contributed by atoms with Crippen molar-refractivity contribution in [1.82, 2.24) is 19.3 Å². The van der Waals surface area contributed by atoms with Gasteiger partial charge >= 0.3 is 0 Å². The molecule has 0 atom stereocenters. The van der Waals surface area contributed by atoms with E-state index in [-0.39, 0.29) is 0 Å². The molecule has 0 aliphatic carbocycles. The Kier molecular flexibility index (Phi) is 5.43. The highest BCUT2D eigenvalue weighted by Gasteiger charge is 2.17. The van der Waals surface area contributed by atoms with E-state index < -0.39 is 0 Å². The van der Waals surface area contributed by atoms with Crippen LogP contribution in [-0.2, 0) is 23.7 Å². The van der Waals surface area contributed by atoms with E-state index in [2.05, 4.69) is 21.6 Å². The van der Waals surface area contributed by atoms with Gasteiger partial charge in [-0.25, -0.2) is 9.67 Å². The Balaban J connectivity index is 2.20. The number of fused-ring (bicyclic) bond motifs is 1. The van der Waals surface area contributed by atoms with Crippen molar-refractivity contribution in [3.05, 3.63) is 11.5 Å². The predicted octanol–water partition coefficient (Wildman–Crippen LogP) is 3.12. The summed E-state index contributed by atoms with van der Waals surface area (Å²) in [5.41, 5.74) is 3.07. The monoisotopic (exact) mass is 298 g/mol. The average Bonchev–Trinajstić information content (AvgIpc) is 2.97. The number of halogens is 1. The van der Waals surface area contributed by atoms with Crippen LogP contribution in [0, 0.1) is 6.92 Å². The topological polar surface area (TPSA) is 44.9 Å². The van der Waals surface area contributed by atoms with E-state index in [9.17, 15) is 0 Å². The number of ether oxygens (including phenoxy) is 1. The normalized spacial score (nSPS) is 11.6. The van der Waals surface area contributed by atoms with Gasteiger partial charge in [0.25, 0.3) is 0 Å². The molecule has 5 nitrogen and oxygen atoms in total. The van der Waals surface area contributed by atoms with Gasteiger partial charge in [-0.3, -0.25) is 0 Å². The van der Waals surface area contributed by atoms with Crippen LogP contribution < -0.4 is 0 Å². The van der Waals surface area contributed by atoms with Crippen molar-refractivity contribution in [3.63, 3.8) is 0 Å². The number of aromatic nitrogens is 4. The predicted molar refractivity (Wildman–Crippen MR) is 81.2 cm³/mol. The van der Waals surface area contributed by atoms with E-state index in [1.807, 2.05) is 11.6 Å². The number of hydrogen-bond donors (Lipinski definition) is 0. The second kappa shape index (κ2) is 7.09. The molecule has 20 heavy (non-hydrogen) atoms. The Bertz CT molecular complexity index is 561. The third kappa shape index (κ3) is 2.99. The molecule has 2 rings (SSSR count). The molecular weight excluding hydrogens is 276 g/mol. The highest BCUT2D eigenvalue weighted by atomic mass is 35.5. The van der Waals surface area contributed by atoms with Gasteiger partial charge in [0.05, 0.1) is 11.6 Å². The molecule has 0 bridgehead atoms. The molecule has 0 saturated carbocycles. The van der Waals surface area contributed by atoms with Crippen LogP contribution in [0.15, 0.2) is 0 Å². The highest BCUT2D eigenvalue weighted by Crippen LogP contribution is 2.21. The number of alkyl halides is 1. The minimum absolute atomic E-state index is 0.440. The van der Waals surface area contributed by atoms with Crippen molar-refractivity contribution in [2.24, 2.45) is 0 Å². The van der Waals surface area contributed by atoms with Gasteiger partial charge in [0.15, 0.2) is 5.65 Å². The lowest BCUT2D eigenvalue weighted by molar-refractivity contribution is 0.191. The first kappa shape index (κ1) is 15.3. The fourth-order valence-corrected chi connectivity index (χ4v) is 2.72. The van der Waals surface area contributed by atoms with Crippen LogP contribution in [0.2, 0.25) is 0 Å². The molecule has 0 unspecified atom stereocenters. The molecule has 0 amide bonds. The van der Waals surface area contributed by atoms with Crippen molar-refractivity contribution < 1.29 is 4.74 Å². The summed E-state index contributed by atoms with van der Waals surface area (Å²) in [6, 6.07) is 0. The van der Waals surface area contributed by atoms with Gasteiger partial charge in [-0.1, -0.05) is 0 Å². The first-order chi connectivity index (χ1) is 9.72. The SMILES string of the molecule is CCn1nc(C)c2nc(CCl)n(CCCCCOC)c21. The Hall–Kier alpha value is -1.07. The van der Waals surface area contributed by atoms with Gasteiger partial charge in [0.2, 0.25) is 0 Å².